The van der Waals surface area contributed by atoms with Crippen molar-refractivity contribution in [2.24, 2.45) is 0 Å². The van der Waals surface area contributed by atoms with Crippen LogP contribution in [0.1, 0.15) is 12.6 Å². The SMILES string of the molecule is [B][C@@H]1O[C@H](COC)C(OP(=O)([O-])OC)[C@@H]1OCC#C.[B][C@@H]1O[C@H](COC)C(OP(=O)([O-])OC)[C@@H]1OCc1cn(CC(=O)OCC)nn1.[Na+].[Na+]. The Bertz CT molecular complexity index is 1250. The Morgan fingerprint density at radius 1 is 0.939 bits per heavy atom. The number of nitrogens with zero attached hydrogens (tertiary/aromatic N) is 3. The molecular formula is C24H37B2N3Na2O16P2. The minimum absolute atomic E-state index is 0. The van der Waals surface area contributed by atoms with E-state index in [1.165, 1.54) is 25.1 Å². The van der Waals surface area contributed by atoms with Gasteiger partial charge in [-0.1, -0.05) is 11.1 Å². The van der Waals surface area contributed by atoms with E-state index in [9.17, 15) is 23.7 Å². The Hall–Kier alpha value is 0.280. The summed E-state index contributed by atoms with van der Waals surface area (Å²) in [4.78, 5) is 34.6. The number of aromatic nitrogens is 3. The van der Waals surface area contributed by atoms with Crippen molar-refractivity contribution in [1.29, 1.82) is 0 Å². The zero-order chi connectivity index (χ0) is 35.2. The van der Waals surface area contributed by atoms with Crippen LogP contribution in [0.3, 0.4) is 0 Å². The third-order valence-electron chi connectivity index (χ3n) is 6.27. The molecule has 10 atom stereocenters. The van der Waals surface area contributed by atoms with Crippen LogP contribution in [-0.2, 0) is 78.3 Å². The van der Waals surface area contributed by atoms with Gasteiger partial charge in [0.1, 0.15) is 71.2 Å². The zero-order valence-corrected chi connectivity index (χ0v) is 34.2. The Labute approximate surface area is 331 Å². The van der Waals surface area contributed by atoms with E-state index in [2.05, 4.69) is 25.3 Å². The number of carbonyl (C=O) groups is 1. The Balaban J connectivity index is 0.000000967. The standard InChI is InChI=1S/C14H23BN3O9P.C10H16BO7P.2Na/c1-4-24-11(19)6-18-5-9(16-17-18)7-25-13-12(27-28(20,21)23-3)10(8-22-2)26-14(13)15;1-4-5-16-9-8(18-19(12,13)15-3)7(6-14-2)17-10(9)11;;/h5,10,12-14H,4,6-8H2,1-3H3,(H,20,21);1,7-10H,5-6H2,2-3H3,(H,12,13);;/q;;2*+1/p-2/t10-,12?,13+,14-;7-,8?,9+,10-;;/m11../s1. The molecular weight excluding hydrogens is 716 g/mol. The normalized spacial score (nSPS) is 28.4. The van der Waals surface area contributed by atoms with Crippen molar-refractivity contribution in [1.82, 2.24) is 15.0 Å². The number of methoxy groups -OCH3 is 2. The second-order valence-electron chi connectivity index (χ2n) is 9.56. The zero-order valence-electron chi connectivity index (χ0n) is 28.4. The van der Waals surface area contributed by atoms with E-state index in [0.29, 0.717) is 5.69 Å². The summed E-state index contributed by atoms with van der Waals surface area (Å²) in [5.74, 6) is 1.81. The second kappa shape index (κ2) is 24.6. The third kappa shape index (κ3) is 16.5. The van der Waals surface area contributed by atoms with Crippen LogP contribution in [0.2, 0.25) is 0 Å². The number of esters is 1. The van der Waals surface area contributed by atoms with Crippen molar-refractivity contribution in [3.8, 4) is 12.3 Å². The number of ether oxygens (including phenoxy) is 7. The summed E-state index contributed by atoms with van der Waals surface area (Å²) in [6.45, 7) is 1.89. The first kappa shape index (κ1) is 49.3. The maximum atomic E-state index is 11.7. The molecule has 0 bridgehead atoms. The fourth-order valence-electron chi connectivity index (χ4n) is 4.27. The van der Waals surface area contributed by atoms with Crippen LogP contribution in [0, 0.1) is 12.3 Å². The molecule has 0 saturated carbocycles. The number of rotatable bonds is 18. The number of carbonyl (C=O) groups excluding carboxylic acids is 1. The molecule has 0 N–H and O–H groups in total. The van der Waals surface area contributed by atoms with E-state index >= 15 is 0 Å². The molecule has 1 aromatic rings. The largest absolute Gasteiger partial charge is 1.00 e. The van der Waals surface area contributed by atoms with Gasteiger partial charge in [0, 0.05) is 40.4 Å². The Kier molecular flexibility index (Phi) is 24.7. The summed E-state index contributed by atoms with van der Waals surface area (Å²) >= 11 is 0. The van der Waals surface area contributed by atoms with Gasteiger partial charge in [-0.3, -0.25) is 13.9 Å². The van der Waals surface area contributed by atoms with Crippen LogP contribution >= 0.6 is 15.6 Å². The van der Waals surface area contributed by atoms with Crippen molar-refractivity contribution in [2.75, 3.05) is 54.9 Å². The van der Waals surface area contributed by atoms with Crippen molar-refractivity contribution in [3.05, 3.63) is 11.9 Å². The predicted molar refractivity (Wildman–Crippen MR) is 155 cm³/mol. The van der Waals surface area contributed by atoms with Gasteiger partial charge in [0.15, 0.2) is 0 Å². The first-order valence-electron chi connectivity index (χ1n) is 13.9. The van der Waals surface area contributed by atoms with Crippen molar-refractivity contribution >= 4 is 37.3 Å². The van der Waals surface area contributed by atoms with Crippen molar-refractivity contribution < 1.29 is 134 Å². The molecule has 262 valence electrons. The van der Waals surface area contributed by atoms with Crippen LogP contribution in [0.4, 0.5) is 0 Å². The fraction of sp³-hybridized carbons (Fsp3) is 0.792. The van der Waals surface area contributed by atoms with E-state index in [1.807, 2.05) is 0 Å². The summed E-state index contributed by atoms with van der Waals surface area (Å²) in [5, 5.41) is 7.67. The van der Waals surface area contributed by atoms with Crippen LogP contribution in [-0.4, -0.2) is 140 Å². The van der Waals surface area contributed by atoms with Crippen LogP contribution in [0.5, 0.6) is 0 Å². The van der Waals surface area contributed by atoms with Crippen molar-refractivity contribution in [2.45, 2.75) is 68.7 Å². The molecule has 1 aromatic heterocycles. The van der Waals surface area contributed by atoms with E-state index in [-0.39, 0.29) is 98.7 Å². The quantitative estimate of drug-likeness (QED) is 0.0587. The van der Waals surface area contributed by atoms with Gasteiger partial charge in [0.05, 0.1) is 32.6 Å². The molecule has 3 rings (SSSR count). The molecule has 25 heteroatoms. The molecule has 0 aromatic carbocycles. The summed E-state index contributed by atoms with van der Waals surface area (Å²) in [6, 6.07) is -1.83. The van der Waals surface area contributed by atoms with Gasteiger partial charge in [0.2, 0.25) is 0 Å². The summed E-state index contributed by atoms with van der Waals surface area (Å²) in [7, 11) is 7.43. The van der Waals surface area contributed by atoms with Gasteiger partial charge in [-0.2, -0.15) is 0 Å². The van der Waals surface area contributed by atoms with Gasteiger partial charge in [0.25, 0.3) is 15.6 Å². The first-order valence-corrected chi connectivity index (χ1v) is 16.8. The monoisotopic (exact) mass is 753 g/mol. The molecule has 0 amide bonds. The molecule has 19 nitrogen and oxygen atoms in total. The Morgan fingerprint density at radius 2 is 1.43 bits per heavy atom. The molecule has 2 aliphatic heterocycles. The van der Waals surface area contributed by atoms with Crippen LogP contribution < -0.4 is 68.9 Å². The fourth-order valence-corrected chi connectivity index (χ4v) is 5.55. The number of hydrogen-bond donors (Lipinski definition) is 0. The molecule has 4 unspecified atom stereocenters. The number of phosphoric ester groups is 2. The van der Waals surface area contributed by atoms with Gasteiger partial charge in [-0.05, 0) is 6.92 Å². The minimum Gasteiger partial charge on any atom is -0.756 e. The predicted octanol–water partition coefficient (Wildman–Crippen LogP) is -8.18. The molecule has 49 heavy (non-hydrogen) atoms. The topological polar surface area (TPSA) is 230 Å². The van der Waals surface area contributed by atoms with Gasteiger partial charge in [-0.15, -0.1) is 11.5 Å². The molecule has 0 spiro atoms. The van der Waals surface area contributed by atoms with E-state index in [4.69, 9.17) is 64.3 Å². The Morgan fingerprint density at radius 3 is 1.86 bits per heavy atom. The number of terminal acetylenes is 1. The average molecular weight is 753 g/mol. The molecule has 2 aliphatic rings. The minimum atomic E-state index is -4.57. The van der Waals surface area contributed by atoms with Crippen molar-refractivity contribution in [3.63, 3.8) is 0 Å². The van der Waals surface area contributed by atoms with Crippen LogP contribution in [0.15, 0.2) is 6.20 Å². The molecule has 3 heterocycles. The average Bonchev–Trinajstić information content (AvgIpc) is 3.66. The molecule has 2 saturated heterocycles. The second-order valence-corrected chi connectivity index (χ2v) is 12.5. The van der Waals surface area contributed by atoms with Gasteiger partial charge in [-0.25, -0.2) is 4.68 Å². The maximum absolute atomic E-state index is 11.7. The summed E-state index contributed by atoms with van der Waals surface area (Å²) in [6.07, 6.45) is 1.29. The van der Waals surface area contributed by atoms with Gasteiger partial charge >= 0.3 is 65.1 Å². The number of hydrogen-bond acceptors (Lipinski definition) is 18. The maximum Gasteiger partial charge on any atom is 1.00 e. The third-order valence-corrected chi connectivity index (χ3v) is 8.17. The van der Waals surface area contributed by atoms with Crippen LogP contribution in [0.25, 0.3) is 0 Å². The van der Waals surface area contributed by atoms with E-state index < -0.39 is 70.2 Å². The molecule has 4 radical (unpaired) electrons. The molecule has 2 fully saturated rings. The van der Waals surface area contributed by atoms with Gasteiger partial charge < -0.3 is 61.0 Å². The first-order chi connectivity index (χ1) is 22.2. The summed E-state index contributed by atoms with van der Waals surface area (Å²) in [5.41, 5.74) is 0.391. The molecule has 0 aliphatic carbocycles. The van der Waals surface area contributed by atoms with E-state index in [1.54, 1.807) is 6.92 Å². The summed E-state index contributed by atoms with van der Waals surface area (Å²) < 4.78 is 79.4. The smallest absolute Gasteiger partial charge is 0.756 e. The number of phosphoric acid groups is 2. The van der Waals surface area contributed by atoms with E-state index in [0.717, 1.165) is 14.2 Å².